The number of allylic oxidation sites excluding steroid dienone is 1. The van der Waals surface area contributed by atoms with E-state index in [2.05, 4.69) is 27.4 Å². The van der Waals surface area contributed by atoms with Crippen LogP contribution in [0.25, 0.3) is 0 Å². The molecule has 2 aliphatic rings. The molecule has 1 aromatic carbocycles. The van der Waals surface area contributed by atoms with Crippen LogP contribution in [0.5, 0.6) is 0 Å². The Morgan fingerprint density at radius 1 is 1.33 bits per heavy atom. The Bertz CT molecular complexity index is 746. The number of hydrogen-bond acceptors (Lipinski definition) is 3. The van der Waals surface area contributed by atoms with Crippen LogP contribution in [0.15, 0.2) is 40.0 Å². The maximum atomic E-state index is 9.15. The molecule has 2 atom stereocenters. The predicted octanol–water partition coefficient (Wildman–Crippen LogP) is 0.670. The van der Waals surface area contributed by atoms with E-state index in [9.17, 15) is 0 Å². The number of aryl methyl sites for hydroxylation is 1. The molecule has 1 heterocycles. The maximum Gasteiger partial charge on any atom is 0.134 e. The Kier molecular flexibility index (Phi) is 5.20. The molecular formula is C18H18B2N4. The van der Waals surface area contributed by atoms with E-state index in [4.69, 9.17) is 21.0 Å². The van der Waals surface area contributed by atoms with Gasteiger partial charge in [-0.3, -0.25) is 4.99 Å². The zero-order valence-electron chi connectivity index (χ0n) is 13.6. The van der Waals surface area contributed by atoms with Gasteiger partial charge >= 0.3 is 0 Å². The van der Waals surface area contributed by atoms with Crippen molar-refractivity contribution in [1.82, 2.24) is 5.32 Å². The van der Waals surface area contributed by atoms with Gasteiger partial charge in [-0.1, -0.05) is 24.3 Å². The molecule has 24 heavy (non-hydrogen) atoms. The minimum atomic E-state index is 0.0526. The second-order valence-corrected chi connectivity index (χ2v) is 6.22. The molecule has 0 aromatic heterocycles. The largest absolute Gasteiger partial charge is 0.349 e. The Morgan fingerprint density at radius 3 is 3.00 bits per heavy atom. The Labute approximate surface area is 145 Å². The summed E-state index contributed by atoms with van der Waals surface area (Å²) in [5, 5.41) is 12.3. The highest BCUT2D eigenvalue weighted by Gasteiger charge is 2.29. The first-order valence-electron chi connectivity index (χ1n) is 8.24. The third-order valence-electron chi connectivity index (χ3n) is 4.49. The first-order chi connectivity index (χ1) is 11.7. The number of nitriles is 1. The van der Waals surface area contributed by atoms with Crippen LogP contribution in [0.2, 0.25) is 0 Å². The number of hydrogen-bond donors (Lipinski definition) is 1. The quantitative estimate of drug-likeness (QED) is 0.656. The predicted molar refractivity (Wildman–Crippen MR) is 99.4 cm³/mol. The smallest absolute Gasteiger partial charge is 0.134 e. The van der Waals surface area contributed by atoms with Gasteiger partial charge in [-0.15, -0.1) is 10.9 Å². The van der Waals surface area contributed by atoms with E-state index in [0.717, 1.165) is 37.2 Å². The molecule has 0 saturated carbocycles. The zero-order valence-corrected chi connectivity index (χ0v) is 13.6. The first-order valence-corrected chi connectivity index (χ1v) is 8.24. The normalized spacial score (nSPS) is 24.0. The van der Waals surface area contributed by atoms with Crippen molar-refractivity contribution in [3.05, 3.63) is 35.5 Å². The minimum absolute atomic E-state index is 0.0526. The minimum Gasteiger partial charge on any atom is -0.349 e. The van der Waals surface area contributed by atoms with E-state index >= 15 is 0 Å². The van der Waals surface area contributed by atoms with Gasteiger partial charge in [0.05, 0.1) is 24.2 Å². The molecule has 0 saturated heterocycles. The molecule has 6 heteroatoms. The van der Waals surface area contributed by atoms with Crippen molar-refractivity contribution in [2.75, 3.05) is 6.54 Å². The SMILES string of the molecule is [B]c1ccc(CCCN=C2N=CNC3=CCC(C#N)CC32)cc1[B]. The molecule has 2 unspecified atom stereocenters. The van der Waals surface area contributed by atoms with Crippen LogP contribution in [-0.4, -0.2) is 34.4 Å². The Balaban J connectivity index is 1.59. The van der Waals surface area contributed by atoms with Gasteiger partial charge < -0.3 is 5.32 Å². The van der Waals surface area contributed by atoms with Crippen molar-refractivity contribution >= 4 is 38.8 Å². The summed E-state index contributed by atoms with van der Waals surface area (Å²) in [7, 11) is 11.6. The standard InChI is InChI=1S/C18H18B2N4/c19-15-5-3-12(9-16(15)20)2-1-7-22-18-14-8-13(10-21)4-6-17(14)23-11-24-18/h3,5-6,9,11,13-14H,1-2,4,7-8H2,(H,22,23,24). The summed E-state index contributed by atoms with van der Waals surface area (Å²) in [6.07, 6.45) is 7.20. The van der Waals surface area contributed by atoms with Crippen LogP contribution in [0.3, 0.4) is 0 Å². The van der Waals surface area contributed by atoms with Crippen LogP contribution in [-0.2, 0) is 6.42 Å². The molecule has 1 aliphatic heterocycles. The average molecular weight is 312 g/mol. The highest BCUT2D eigenvalue weighted by atomic mass is 15.1. The summed E-state index contributed by atoms with van der Waals surface area (Å²) in [6, 6.07) is 8.12. The van der Waals surface area contributed by atoms with Crippen molar-refractivity contribution in [2.45, 2.75) is 25.7 Å². The van der Waals surface area contributed by atoms with Crippen LogP contribution in [0.4, 0.5) is 0 Å². The third-order valence-corrected chi connectivity index (χ3v) is 4.49. The van der Waals surface area contributed by atoms with E-state index < -0.39 is 0 Å². The second-order valence-electron chi connectivity index (χ2n) is 6.22. The molecule has 1 aromatic rings. The first kappa shape index (κ1) is 16.6. The number of nitrogens with one attached hydrogen (secondary N) is 1. The lowest BCUT2D eigenvalue weighted by Gasteiger charge is -2.29. The number of benzene rings is 1. The lowest BCUT2D eigenvalue weighted by atomic mass is 9.79. The molecular weight excluding hydrogens is 294 g/mol. The van der Waals surface area contributed by atoms with Crippen LogP contribution < -0.4 is 16.2 Å². The summed E-state index contributed by atoms with van der Waals surface area (Å²) < 4.78 is 0. The van der Waals surface area contributed by atoms with Gasteiger partial charge in [0.25, 0.3) is 0 Å². The van der Waals surface area contributed by atoms with Gasteiger partial charge in [-0.05, 0) is 31.2 Å². The van der Waals surface area contributed by atoms with Crippen molar-refractivity contribution in [3.8, 4) is 6.07 Å². The topological polar surface area (TPSA) is 60.5 Å². The third kappa shape index (κ3) is 3.79. The number of aliphatic imine (C=N–C) groups is 2. The summed E-state index contributed by atoms with van der Waals surface area (Å²) in [6.45, 7) is 0.706. The zero-order chi connectivity index (χ0) is 16.9. The number of amidine groups is 1. The fourth-order valence-electron chi connectivity index (χ4n) is 3.10. The van der Waals surface area contributed by atoms with Gasteiger partial charge in [0.2, 0.25) is 0 Å². The number of rotatable bonds is 4. The summed E-state index contributed by atoms with van der Waals surface area (Å²) in [5.74, 6) is 1.01. The fourth-order valence-corrected chi connectivity index (χ4v) is 3.10. The van der Waals surface area contributed by atoms with E-state index in [-0.39, 0.29) is 11.8 Å². The van der Waals surface area contributed by atoms with E-state index in [1.165, 1.54) is 5.56 Å². The molecule has 4 nitrogen and oxygen atoms in total. The van der Waals surface area contributed by atoms with E-state index in [0.29, 0.717) is 17.5 Å². The molecule has 116 valence electrons. The van der Waals surface area contributed by atoms with Gasteiger partial charge in [-0.2, -0.15) is 5.26 Å². The maximum absolute atomic E-state index is 9.15. The second kappa shape index (κ2) is 7.53. The van der Waals surface area contributed by atoms with E-state index in [1.807, 2.05) is 18.2 Å². The van der Waals surface area contributed by atoms with E-state index in [1.54, 1.807) is 6.34 Å². The molecule has 1 aliphatic carbocycles. The highest BCUT2D eigenvalue weighted by Crippen LogP contribution is 2.30. The molecule has 0 spiro atoms. The lowest BCUT2D eigenvalue weighted by molar-refractivity contribution is 0.507. The lowest BCUT2D eigenvalue weighted by Crippen LogP contribution is -2.34. The van der Waals surface area contributed by atoms with Gasteiger partial charge in [0.1, 0.15) is 21.5 Å². The summed E-state index contributed by atoms with van der Waals surface area (Å²) in [5.41, 5.74) is 3.54. The van der Waals surface area contributed by atoms with Crippen LogP contribution >= 0.6 is 0 Å². The Hall–Kier alpha value is -2.28. The molecule has 3 rings (SSSR count). The molecule has 1 N–H and O–H groups in total. The Morgan fingerprint density at radius 2 is 2.21 bits per heavy atom. The average Bonchev–Trinajstić information content (AvgIpc) is 2.61. The highest BCUT2D eigenvalue weighted by molar-refractivity contribution is 6.48. The molecule has 4 radical (unpaired) electrons. The van der Waals surface area contributed by atoms with Gasteiger partial charge in [0.15, 0.2) is 0 Å². The van der Waals surface area contributed by atoms with Crippen LogP contribution in [0.1, 0.15) is 24.8 Å². The number of nitrogens with zero attached hydrogens (tertiary/aromatic N) is 3. The molecule has 0 amide bonds. The monoisotopic (exact) mass is 312 g/mol. The summed E-state index contributed by atoms with van der Waals surface area (Å²) >= 11 is 0. The molecule has 0 fully saturated rings. The number of fused-ring (bicyclic) bond motifs is 1. The summed E-state index contributed by atoms with van der Waals surface area (Å²) in [4.78, 5) is 9.04. The van der Waals surface area contributed by atoms with Gasteiger partial charge in [-0.25, -0.2) is 4.99 Å². The van der Waals surface area contributed by atoms with Crippen molar-refractivity contribution in [1.29, 1.82) is 5.26 Å². The molecule has 0 bridgehead atoms. The van der Waals surface area contributed by atoms with Crippen molar-refractivity contribution in [3.63, 3.8) is 0 Å². The van der Waals surface area contributed by atoms with Crippen molar-refractivity contribution in [2.24, 2.45) is 21.8 Å². The van der Waals surface area contributed by atoms with Crippen LogP contribution in [0, 0.1) is 23.2 Å². The fraction of sp³-hybridized carbons (Fsp3) is 0.389. The van der Waals surface area contributed by atoms with Gasteiger partial charge in [0, 0.05) is 12.2 Å². The van der Waals surface area contributed by atoms with Crippen molar-refractivity contribution < 1.29 is 0 Å².